The van der Waals surface area contributed by atoms with Crippen LogP contribution < -0.4 is 10.1 Å². The van der Waals surface area contributed by atoms with Crippen LogP contribution in [0.4, 0.5) is 13.2 Å². The molecule has 0 spiro atoms. The Balaban J connectivity index is 2.10. The lowest BCUT2D eigenvalue weighted by Gasteiger charge is -2.26. The quantitative estimate of drug-likeness (QED) is 0.779. The number of rotatable bonds is 2. The highest BCUT2D eigenvalue weighted by Crippen LogP contribution is 2.23. The number of carbonyl (C=O) groups is 1. The number of aromatic nitrogens is 2. The van der Waals surface area contributed by atoms with E-state index in [-0.39, 0.29) is 11.8 Å². The molecule has 1 aromatic rings. The molecule has 0 amide bonds. The minimum atomic E-state index is -5.00. The van der Waals surface area contributed by atoms with E-state index < -0.39 is 12.1 Å². The summed E-state index contributed by atoms with van der Waals surface area (Å²) < 4.78 is 41.6. The Kier molecular flexibility index (Phi) is 2.82. The smallest absolute Gasteiger partial charge is 0.399 e. The molecule has 1 aliphatic heterocycles. The summed E-state index contributed by atoms with van der Waals surface area (Å²) in [5.41, 5.74) is 0. The normalized spacial score (nSPS) is 16.7. The van der Waals surface area contributed by atoms with E-state index in [4.69, 9.17) is 0 Å². The third kappa shape index (κ3) is 2.41. The van der Waals surface area contributed by atoms with E-state index in [1.165, 1.54) is 6.20 Å². The van der Waals surface area contributed by atoms with Gasteiger partial charge in [0.25, 0.3) is 0 Å². The second kappa shape index (κ2) is 4.02. The number of nitrogens with one attached hydrogen (secondary N) is 1. The first-order valence-electron chi connectivity index (χ1n) is 4.91. The zero-order valence-corrected chi connectivity index (χ0v) is 8.91. The van der Waals surface area contributed by atoms with Gasteiger partial charge in [0, 0.05) is 26.1 Å². The molecule has 1 saturated heterocycles. The number of ether oxygens (including phenoxy) is 1. The van der Waals surface area contributed by atoms with Crippen LogP contribution in [-0.2, 0) is 11.8 Å². The Labute approximate surface area is 94.6 Å². The first-order valence-corrected chi connectivity index (χ1v) is 4.91. The minimum Gasteiger partial charge on any atom is -0.399 e. The molecule has 0 aliphatic carbocycles. The number of carbonyl (C=O) groups excluding carboxylic acids is 1. The highest BCUT2D eigenvalue weighted by Gasteiger charge is 2.42. The largest absolute Gasteiger partial charge is 0.491 e. The van der Waals surface area contributed by atoms with Crippen LogP contribution in [0.15, 0.2) is 6.20 Å². The number of alkyl halides is 3. The van der Waals surface area contributed by atoms with Crippen LogP contribution in [-0.4, -0.2) is 34.8 Å². The molecule has 0 saturated carbocycles. The van der Waals surface area contributed by atoms with Gasteiger partial charge in [-0.25, -0.2) is 4.79 Å². The molecular weight excluding hydrogens is 239 g/mol. The fourth-order valence-corrected chi connectivity index (χ4v) is 1.50. The molecule has 0 aromatic carbocycles. The van der Waals surface area contributed by atoms with E-state index in [0.717, 1.165) is 13.1 Å². The Morgan fingerprint density at radius 2 is 2.24 bits per heavy atom. The molecule has 0 atom stereocenters. The Bertz CT molecular complexity index is 437. The third-order valence-electron chi connectivity index (χ3n) is 2.47. The summed E-state index contributed by atoms with van der Waals surface area (Å²) in [6, 6.07) is 0. The van der Waals surface area contributed by atoms with Gasteiger partial charge in [-0.15, -0.1) is 0 Å². The molecule has 0 unspecified atom stereocenters. The summed E-state index contributed by atoms with van der Waals surface area (Å²) in [5, 5.41) is 3.02. The van der Waals surface area contributed by atoms with E-state index in [9.17, 15) is 18.0 Å². The molecular formula is C9H10F3N3O2. The summed E-state index contributed by atoms with van der Waals surface area (Å²) in [5.74, 6) is -1.82. The second-order valence-corrected chi connectivity index (χ2v) is 3.79. The van der Waals surface area contributed by atoms with E-state index in [1.54, 1.807) is 11.6 Å². The van der Waals surface area contributed by atoms with Gasteiger partial charge in [-0.3, -0.25) is 0 Å². The summed E-state index contributed by atoms with van der Waals surface area (Å²) >= 11 is 0. The lowest BCUT2D eigenvalue weighted by molar-refractivity contribution is -0.189. The molecule has 1 fully saturated rings. The van der Waals surface area contributed by atoms with Crippen molar-refractivity contribution in [3.05, 3.63) is 12.0 Å². The zero-order chi connectivity index (χ0) is 12.6. The van der Waals surface area contributed by atoms with E-state index >= 15 is 0 Å². The molecule has 1 N–H and O–H groups in total. The van der Waals surface area contributed by atoms with Crippen LogP contribution in [0.2, 0.25) is 0 Å². The van der Waals surface area contributed by atoms with Crippen molar-refractivity contribution in [1.82, 2.24) is 14.9 Å². The molecule has 5 nitrogen and oxygen atoms in total. The number of esters is 1. The van der Waals surface area contributed by atoms with Gasteiger partial charge in [0.05, 0.1) is 6.20 Å². The monoisotopic (exact) mass is 249 g/mol. The molecule has 8 heteroatoms. The number of aryl methyl sites for hydroxylation is 1. The lowest BCUT2D eigenvalue weighted by atomic mass is 10.0. The standard InChI is InChI=1S/C9H10F3N3O2/c1-15-4-6(17-8(16)9(10,11)12)14-7(15)5-2-13-3-5/h4-5,13H,2-3H2,1H3. The van der Waals surface area contributed by atoms with Gasteiger partial charge in [0.15, 0.2) is 0 Å². The Morgan fingerprint density at radius 1 is 1.59 bits per heavy atom. The molecule has 0 radical (unpaired) electrons. The first-order chi connectivity index (χ1) is 7.88. The number of halogens is 3. The Morgan fingerprint density at radius 3 is 2.71 bits per heavy atom. The van der Waals surface area contributed by atoms with Crippen molar-refractivity contribution in [3.63, 3.8) is 0 Å². The highest BCUT2D eigenvalue weighted by molar-refractivity contribution is 5.77. The lowest BCUT2D eigenvalue weighted by Crippen LogP contribution is -2.41. The number of nitrogens with zero attached hydrogens (tertiary/aromatic N) is 2. The van der Waals surface area contributed by atoms with Crippen LogP contribution in [0, 0.1) is 0 Å². The fraction of sp³-hybridized carbons (Fsp3) is 0.556. The van der Waals surface area contributed by atoms with Crippen molar-refractivity contribution >= 4 is 5.97 Å². The molecule has 94 valence electrons. The maximum absolute atomic E-state index is 12.0. The molecule has 1 aromatic heterocycles. The van der Waals surface area contributed by atoms with Gasteiger partial charge in [-0.1, -0.05) is 0 Å². The van der Waals surface area contributed by atoms with E-state index in [2.05, 4.69) is 15.0 Å². The summed E-state index contributed by atoms with van der Waals surface area (Å²) in [7, 11) is 1.64. The number of hydrogen-bond acceptors (Lipinski definition) is 4. The molecule has 17 heavy (non-hydrogen) atoms. The van der Waals surface area contributed by atoms with Gasteiger partial charge >= 0.3 is 12.1 Å². The molecule has 0 bridgehead atoms. The van der Waals surface area contributed by atoms with Gasteiger partial charge in [-0.2, -0.15) is 18.2 Å². The molecule has 2 rings (SSSR count). The summed E-state index contributed by atoms with van der Waals surface area (Å²) in [6.45, 7) is 1.44. The SMILES string of the molecule is Cn1cc(OC(=O)C(F)(F)F)nc1C1CNC1. The topological polar surface area (TPSA) is 56.2 Å². The predicted octanol–water partition coefficient (Wildman–Crippen LogP) is 0.575. The van der Waals surface area contributed by atoms with Gasteiger partial charge in [0.2, 0.25) is 5.88 Å². The van der Waals surface area contributed by atoms with E-state index in [0.29, 0.717) is 5.82 Å². The number of imidazole rings is 1. The van der Waals surface area contributed by atoms with Crippen molar-refractivity contribution < 1.29 is 22.7 Å². The van der Waals surface area contributed by atoms with Crippen LogP contribution in [0.1, 0.15) is 11.7 Å². The second-order valence-electron chi connectivity index (χ2n) is 3.79. The predicted molar refractivity (Wildman–Crippen MR) is 50.5 cm³/mol. The van der Waals surface area contributed by atoms with E-state index in [1.807, 2.05) is 0 Å². The average molecular weight is 249 g/mol. The minimum absolute atomic E-state index is 0.151. The van der Waals surface area contributed by atoms with Crippen LogP contribution in [0.5, 0.6) is 5.88 Å². The zero-order valence-electron chi connectivity index (χ0n) is 8.91. The van der Waals surface area contributed by atoms with Crippen molar-refractivity contribution in [2.45, 2.75) is 12.1 Å². The van der Waals surface area contributed by atoms with Crippen molar-refractivity contribution in [1.29, 1.82) is 0 Å². The van der Waals surface area contributed by atoms with Crippen molar-refractivity contribution in [3.8, 4) is 5.88 Å². The summed E-state index contributed by atoms with van der Waals surface area (Å²) in [6.07, 6.45) is -3.74. The fourth-order valence-electron chi connectivity index (χ4n) is 1.50. The molecule has 1 aliphatic rings. The average Bonchev–Trinajstić information content (AvgIpc) is 2.42. The van der Waals surface area contributed by atoms with Crippen LogP contribution >= 0.6 is 0 Å². The molecule has 2 heterocycles. The first kappa shape index (κ1) is 11.9. The van der Waals surface area contributed by atoms with Crippen LogP contribution in [0.25, 0.3) is 0 Å². The van der Waals surface area contributed by atoms with Gasteiger partial charge in [0.1, 0.15) is 5.82 Å². The van der Waals surface area contributed by atoms with Crippen molar-refractivity contribution in [2.24, 2.45) is 7.05 Å². The highest BCUT2D eigenvalue weighted by atomic mass is 19.4. The maximum atomic E-state index is 12.0. The van der Waals surface area contributed by atoms with Gasteiger partial charge in [-0.05, 0) is 0 Å². The third-order valence-corrected chi connectivity index (χ3v) is 2.47. The Hall–Kier alpha value is -1.57. The van der Waals surface area contributed by atoms with Crippen molar-refractivity contribution in [2.75, 3.05) is 13.1 Å². The van der Waals surface area contributed by atoms with Gasteiger partial charge < -0.3 is 14.6 Å². The summed E-state index contributed by atoms with van der Waals surface area (Å²) in [4.78, 5) is 14.5. The van der Waals surface area contributed by atoms with Crippen LogP contribution in [0.3, 0.4) is 0 Å². The number of hydrogen-bond donors (Lipinski definition) is 1. The maximum Gasteiger partial charge on any atom is 0.491 e.